The highest BCUT2D eigenvalue weighted by Crippen LogP contribution is 2.47. The van der Waals surface area contributed by atoms with Crippen LogP contribution < -0.4 is 4.90 Å². The number of hydrogen-bond donors (Lipinski definition) is 0. The normalized spacial score (nSPS) is 11.3. The summed E-state index contributed by atoms with van der Waals surface area (Å²) in [4.78, 5) is 2.37. The molecule has 0 fully saturated rings. The van der Waals surface area contributed by atoms with E-state index in [1.807, 2.05) is 6.07 Å². The number of rotatable bonds is 7. The first-order chi connectivity index (χ1) is 26.8. The predicted octanol–water partition coefficient (Wildman–Crippen LogP) is 14.9. The predicted molar refractivity (Wildman–Crippen MR) is 228 cm³/mol. The van der Waals surface area contributed by atoms with Gasteiger partial charge in [0.25, 0.3) is 0 Å². The molecule has 0 spiro atoms. The molecular weight excluding hydrogens is 655 g/mol. The van der Waals surface area contributed by atoms with Crippen LogP contribution in [0.5, 0.6) is 0 Å². The second-order valence-electron chi connectivity index (χ2n) is 13.7. The van der Waals surface area contributed by atoms with Gasteiger partial charge in [-0.2, -0.15) is 0 Å². The third-order valence-corrected chi connectivity index (χ3v) is 10.5. The summed E-state index contributed by atoms with van der Waals surface area (Å²) >= 11 is 0. The molecule has 0 radical (unpaired) electrons. The van der Waals surface area contributed by atoms with E-state index in [0.29, 0.717) is 0 Å². The quantitative estimate of drug-likeness (QED) is 0.166. The van der Waals surface area contributed by atoms with E-state index in [-0.39, 0.29) is 0 Å². The lowest BCUT2D eigenvalue weighted by molar-refractivity contribution is 0.669. The minimum absolute atomic E-state index is 0.849. The van der Waals surface area contributed by atoms with Crippen LogP contribution in [0.3, 0.4) is 0 Å². The van der Waals surface area contributed by atoms with E-state index in [0.717, 1.165) is 61.3 Å². The second kappa shape index (κ2) is 13.4. The van der Waals surface area contributed by atoms with Crippen molar-refractivity contribution in [2.24, 2.45) is 0 Å². The lowest BCUT2D eigenvalue weighted by atomic mass is 9.93. The molecule has 0 bridgehead atoms. The van der Waals surface area contributed by atoms with Crippen molar-refractivity contribution in [3.63, 3.8) is 0 Å². The molecule has 0 aliphatic carbocycles. The van der Waals surface area contributed by atoms with Crippen LogP contribution in [0.4, 0.5) is 17.1 Å². The van der Waals surface area contributed by atoms with Crippen molar-refractivity contribution in [3.8, 4) is 44.5 Å². The van der Waals surface area contributed by atoms with Gasteiger partial charge in [0, 0.05) is 22.1 Å². The summed E-state index contributed by atoms with van der Waals surface area (Å²) < 4.78 is 6.81. The van der Waals surface area contributed by atoms with E-state index in [4.69, 9.17) is 4.42 Å². The standard InChI is InChI=1S/C52H35NO/c1-4-15-36(16-5-1)41-33-49-47-24-12-13-26-51(47)54-52(49)50(34-41)53(42-29-27-40(28-30-42)45-25-14-22-38-21-10-11-23-44(38)45)43-31-32-46(37-17-6-2-7-18-37)48(35-43)39-19-8-3-9-20-39/h1-35H. The van der Waals surface area contributed by atoms with Gasteiger partial charge in [-0.05, 0) is 97.7 Å². The van der Waals surface area contributed by atoms with E-state index in [9.17, 15) is 0 Å². The number of benzene rings is 9. The van der Waals surface area contributed by atoms with E-state index in [2.05, 4.69) is 211 Å². The zero-order valence-corrected chi connectivity index (χ0v) is 29.6. The molecule has 0 saturated heterocycles. The summed E-state index contributed by atoms with van der Waals surface area (Å²) in [6.45, 7) is 0. The number of fused-ring (bicyclic) bond motifs is 4. The minimum Gasteiger partial charge on any atom is -0.454 e. The van der Waals surface area contributed by atoms with Crippen LogP contribution in [0.1, 0.15) is 0 Å². The molecule has 2 nitrogen and oxygen atoms in total. The highest BCUT2D eigenvalue weighted by atomic mass is 16.3. The monoisotopic (exact) mass is 689 g/mol. The highest BCUT2D eigenvalue weighted by Gasteiger charge is 2.23. The van der Waals surface area contributed by atoms with Crippen LogP contribution in [-0.2, 0) is 0 Å². The average Bonchev–Trinajstić information content (AvgIpc) is 3.64. The first kappa shape index (κ1) is 31.6. The molecule has 54 heavy (non-hydrogen) atoms. The molecule has 10 rings (SSSR count). The van der Waals surface area contributed by atoms with Crippen LogP contribution >= 0.6 is 0 Å². The maximum atomic E-state index is 6.81. The summed E-state index contributed by atoms with van der Waals surface area (Å²) in [7, 11) is 0. The number of anilines is 3. The zero-order chi connectivity index (χ0) is 35.8. The smallest absolute Gasteiger partial charge is 0.159 e. The summed E-state index contributed by atoms with van der Waals surface area (Å²) in [6, 6.07) is 75.9. The molecule has 254 valence electrons. The molecule has 1 heterocycles. The van der Waals surface area contributed by atoms with Crippen molar-refractivity contribution >= 4 is 49.8 Å². The molecule has 1 aromatic heterocycles. The molecule has 0 aliphatic heterocycles. The molecular formula is C52H35NO. The minimum atomic E-state index is 0.849. The van der Waals surface area contributed by atoms with E-state index in [1.165, 1.54) is 33.0 Å². The Kier molecular flexibility index (Phi) is 7.85. The van der Waals surface area contributed by atoms with Gasteiger partial charge in [-0.25, -0.2) is 0 Å². The Bertz CT molecular complexity index is 2910. The van der Waals surface area contributed by atoms with Crippen LogP contribution in [0, 0.1) is 0 Å². The molecule has 10 aromatic rings. The van der Waals surface area contributed by atoms with Gasteiger partial charge in [-0.15, -0.1) is 0 Å². The Labute approximate surface area is 314 Å². The Balaban J connectivity index is 1.24. The molecule has 0 amide bonds. The number of nitrogens with zero attached hydrogens (tertiary/aromatic N) is 1. The third-order valence-electron chi connectivity index (χ3n) is 10.5. The Hall–Kier alpha value is -7.16. The number of furan rings is 1. The number of para-hydroxylation sites is 1. The SMILES string of the molecule is c1ccc(-c2cc(N(c3ccc(-c4cccc5ccccc45)cc3)c3ccc(-c4ccccc4)c(-c4ccccc4)c3)c3oc4ccccc4c3c2)cc1. The molecule has 0 saturated carbocycles. The summed E-state index contributed by atoms with van der Waals surface area (Å²) in [5.41, 5.74) is 14.1. The Morgan fingerprint density at radius 3 is 1.63 bits per heavy atom. The Morgan fingerprint density at radius 1 is 0.315 bits per heavy atom. The van der Waals surface area contributed by atoms with Gasteiger partial charge >= 0.3 is 0 Å². The largest absolute Gasteiger partial charge is 0.454 e. The van der Waals surface area contributed by atoms with Crippen LogP contribution in [0.2, 0.25) is 0 Å². The van der Waals surface area contributed by atoms with Gasteiger partial charge in [0.1, 0.15) is 5.58 Å². The van der Waals surface area contributed by atoms with Crippen molar-refractivity contribution in [1.29, 1.82) is 0 Å². The molecule has 0 N–H and O–H groups in total. The van der Waals surface area contributed by atoms with Crippen LogP contribution in [-0.4, -0.2) is 0 Å². The Morgan fingerprint density at radius 2 is 0.889 bits per heavy atom. The van der Waals surface area contributed by atoms with Gasteiger partial charge < -0.3 is 9.32 Å². The van der Waals surface area contributed by atoms with E-state index < -0.39 is 0 Å². The van der Waals surface area contributed by atoms with Gasteiger partial charge in [0.15, 0.2) is 5.58 Å². The fourth-order valence-electron chi connectivity index (χ4n) is 7.86. The van der Waals surface area contributed by atoms with E-state index in [1.54, 1.807) is 0 Å². The van der Waals surface area contributed by atoms with Gasteiger partial charge in [0.05, 0.1) is 5.69 Å². The van der Waals surface area contributed by atoms with Crippen LogP contribution in [0.15, 0.2) is 217 Å². The van der Waals surface area contributed by atoms with Crippen molar-refractivity contribution in [3.05, 3.63) is 212 Å². The first-order valence-electron chi connectivity index (χ1n) is 18.4. The highest BCUT2D eigenvalue weighted by molar-refractivity contribution is 6.12. The zero-order valence-electron chi connectivity index (χ0n) is 29.6. The van der Waals surface area contributed by atoms with Crippen molar-refractivity contribution in [2.75, 3.05) is 4.90 Å². The summed E-state index contributed by atoms with van der Waals surface area (Å²) in [5, 5.41) is 4.66. The van der Waals surface area contributed by atoms with E-state index >= 15 is 0 Å². The van der Waals surface area contributed by atoms with Gasteiger partial charge in [-0.1, -0.05) is 170 Å². The fourth-order valence-corrected chi connectivity index (χ4v) is 7.86. The van der Waals surface area contributed by atoms with Crippen molar-refractivity contribution in [1.82, 2.24) is 0 Å². The molecule has 0 unspecified atom stereocenters. The lowest BCUT2D eigenvalue weighted by Gasteiger charge is -2.27. The maximum Gasteiger partial charge on any atom is 0.159 e. The summed E-state index contributed by atoms with van der Waals surface area (Å²) in [5.74, 6) is 0. The second-order valence-corrected chi connectivity index (χ2v) is 13.7. The average molecular weight is 690 g/mol. The van der Waals surface area contributed by atoms with Gasteiger partial charge in [0.2, 0.25) is 0 Å². The summed E-state index contributed by atoms with van der Waals surface area (Å²) in [6.07, 6.45) is 0. The fraction of sp³-hybridized carbons (Fsp3) is 0. The van der Waals surface area contributed by atoms with Crippen molar-refractivity contribution < 1.29 is 4.42 Å². The molecule has 9 aromatic carbocycles. The maximum absolute atomic E-state index is 6.81. The van der Waals surface area contributed by atoms with Crippen molar-refractivity contribution in [2.45, 2.75) is 0 Å². The topological polar surface area (TPSA) is 16.4 Å². The van der Waals surface area contributed by atoms with Gasteiger partial charge in [-0.3, -0.25) is 0 Å². The van der Waals surface area contributed by atoms with Crippen LogP contribution in [0.25, 0.3) is 77.2 Å². The molecule has 2 heteroatoms. The first-order valence-corrected chi connectivity index (χ1v) is 18.4. The molecule has 0 atom stereocenters. The third kappa shape index (κ3) is 5.62. The molecule has 0 aliphatic rings. The number of hydrogen-bond acceptors (Lipinski definition) is 2. The lowest BCUT2D eigenvalue weighted by Crippen LogP contribution is -2.11.